The maximum Gasteiger partial charge on any atom is 0.343 e. The first-order valence-corrected chi connectivity index (χ1v) is 10.4. The first-order chi connectivity index (χ1) is 9.53. The van der Waals surface area contributed by atoms with E-state index in [0.717, 1.165) is 24.9 Å². The molecule has 0 aromatic heterocycles. The summed E-state index contributed by atoms with van der Waals surface area (Å²) in [5.74, 6) is 0.535. The third kappa shape index (κ3) is 8.59. The molecule has 0 aliphatic heterocycles. The maximum absolute atomic E-state index is 6.17. The van der Waals surface area contributed by atoms with Crippen LogP contribution in [0.5, 0.6) is 0 Å². The normalized spacial score (nSPS) is 17.7. The molecule has 20 heavy (non-hydrogen) atoms. The van der Waals surface area contributed by atoms with Crippen molar-refractivity contribution in [2.45, 2.75) is 72.1 Å². The lowest BCUT2D eigenvalue weighted by molar-refractivity contribution is -0.121. The molecule has 0 aromatic rings. The Morgan fingerprint density at radius 1 is 0.900 bits per heavy atom. The topological polar surface area (TPSA) is 36.9 Å². The molecule has 0 aliphatic carbocycles. The average molecular weight is 327 g/mol. The highest BCUT2D eigenvalue weighted by Crippen LogP contribution is 2.26. The van der Waals surface area contributed by atoms with E-state index >= 15 is 0 Å². The molecule has 2 atom stereocenters. The Bertz CT molecular complexity index is 217. The van der Waals surface area contributed by atoms with Gasteiger partial charge in [-0.1, -0.05) is 19.8 Å². The second-order valence-corrected chi connectivity index (χ2v) is 8.41. The van der Waals surface area contributed by atoms with Crippen LogP contribution in [-0.4, -0.2) is 40.2 Å². The van der Waals surface area contributed by atoms with Crippen molar-refractivity contribution in [3.8, 4) is 0 Å². The van der Waals surface area contributed by atoms with Gasteiger partial charge in [-0.05, 0) is 33.7 Å². The zero-order valence-electron chi connectivity index (χ0n) is 13.6. The molecule has 0 bridgehead atoms. The van der Waals surface area contributed by atoms with E-state index < -0.39 is 8.56 Å². The third-order valence-corrected chi connectivity index (χ3v) is 7.11. The van der Waals surface area contributed by atoms with Crippen LogP contribution < -0.4 is 0 Å². The number of ether oxygens (including phenoxy) is 2. The summed E-state index contributed by atoms with van der Waals surface area (Å²) in [6.45, 7) is 11.2. The maximum atomic E-state index is 6.17. The zero-order valence-corrected chi connectivity index (χ0v) is 15.4. The fourth-order valence-electron chi connectivity index (χ4n) is 2.12. The molecule has 6 heteroatoms. The summed E-state index contributed by atoms with van der Waals surface area (Å²) in [5, 5.41) is 0. The Morgan fingerprint density at radius 2 is 1.40 bits per heavy atom. The first-order valence-electron chi connectivity index (χ1n) is 7.68. The van der Waals surface area contributed by atoms with Gasteiger partial charge in [0.05, 0.1) is 0 Å². The number of halogens is 1. The van der Waals surface area contributed by atoms with Crippen molar-refractivity contribution in [3.63, 3.8) is 0 Å². The Labute approximate surface area is 130 Å². The van der Waals surface area contributed by atoms with Gasteiger partial charge in [-0.2, -0.15) is 0 Å². The molecule has 0 fully saturated rings. The van der Waals surface area contributed by atoms with Gasteiger partial charge in [0.25, 0.3) is 0 Å². The van der Waals surface area contributed by atoms with Gasteiger partial charge >= 0.3 is 8.56 Å². The van der Waals surface area contributed by atoms with Gasteiger partial charge in [0.15, 0.2) is 0 Å². The summed E-state index contributed by atoms with van der Waals surface area (Å²) in [6, 6.07) is 1.68. The molecule has 0 amide bonds. The van der Waals surface area contributed by atoms with Crippen LogP contribution in [0.25, 0.3) is 0 Å². The second-order valence-electron chi connectivity index (χ2n) is 4.73. The summed E-state index contributed by atoms with van der Waals surface area (Å²) < 4.78 is 23.4. The van der Waals surface area contributed by atoms with E-state index in [1.54, 1.807) is 0 Å². The Morgan fingerprint density at radius 3 is 1.75 bits per heavy atom. The van der Waals surface area contributed by atoms with Crippen LogP contribution in [0.2, 0.25) is 12.1 Å². The summed E-state index contributed by atoms with van der Waals surface area (Å²) >= 11 is 5.98. The van der Waals surface area contributed by atoms with Crippen LogP contribution in [0, 0.1) is 0 Å². The van der Waals surface area contributed by atoms with E-state index in [2.05, 4.69) is 6.92 Å². The number of unbranched alkanes of at least 4 members (excludes halogenated alkanes) is 1. The lowest BCUT2D eigenvalue weighted by Crippen LogP contribution is -2.48. The molecule has 0 spiro atoms. The summed E-state index contributed by atoms with van der Waals surface area (Å²) in [6.07, 6.45) is 1.65. The largest absolute Gasteiger partial charge is 0.368 e. The molecule has 0 aliphatic rings. The van der Waals surface area contributed by atoms with Gasteiger partial charge in [0, 0.05) is 25.1 Å². The van der Waals surface area contributed by atoms with Crippen LogP contribution in [0.1, 0.15) is 47.5 Å². The quantitative estimate of drug-likeness (QED) is 0.288. The van der Waals surface area contributed by atoms with Crippen LogP contribution in [-0.2, 0) is 18.3 Å². The summed E-state index contributed by atoms with van der Waals surface area (Å²) in [5.41, 5.74) is 0. The molecular weight excluding hydrogens is 296 g/mol. The molecule has 2 unspecified atom stereocenters. The minimum atomic E-state index is -2.40. The smallest absolute Gasteiger partial charge is 0.343 e. The SMILES string of the molecule is CCCC[Si](CCCl)(OC(C)OCC)OC(C)OCC. The fraction of sp³-hybridized carbons (Fsp3) is 1.00. The number of rotatable bonds is 13. The molecule has 0 saturated carbocycles. The van der Waals surface area contributed by atoms with Gasteiger partial charge in [-0.25, -0.2) is 0 Å². The van der Waals surface area contributed by atoms with Crippen LogP contribution >= 0.6 is 11.6 Å². The zero-order chi connectivity index (χ0) is 15.4. The molecule has 0 radical (unpaired) electrons. The molecule has 4 nitrogen and oxygen atoms in total. The standard InChI is InChI=1S/C14H31ClO4Si/c1-6-9-11-20(12-10-15,18-13(4)16-7-2)19-14(5)17-8-3/h13-14H,6-12H2,1-5H3. The van der Waals surface area contributed by atoms with Crippen molar-refractivity contribution in [1.82, 2.24) is 0 Å². The predicted octanol–water partition coefficient (Wildman–Crippen LogP) is 4.27. The minimum absolute atomic E-state index is 0.263. The lowest BCUT2D eigenvalue weighted by Gasteiger charge is -2.35. The number of alkyl halides is 1. The lowest BCUT2D eigenvalue weighted by atomic mass is 10.4. The van der Waals surface area contributed by atoms with Crippen molar-refractivity contribution < 1.29 is 18.3 Å². The van der Waals surface area contributed by atoms with E-state index in [9.17, 15) is 0 Å². The van der Waals surface area contributed by atoms with E-state index in [-0.39, 0.29) is 12.6 Å². The summed E-state index contributed by atoms with van der Waals surface area (Å²) in [4.78, 5) is 0. The molecule has 0 rings (SSSR count). The van der Waals surface area contributed by atoms with E-state index in [1.807, 2.05) is 27.7 Å². The van der Waals surface area contributed by atoms with Crippen LogP contribution in [0.4, 0.5) is 0 Å². The molecule has 0 aromatic carbocycles. The van der Waals surface area contributed by atoms with Gasteiger partial charge in [0.1, 0.15) is 12.6 Å². The van der Waals surface area contributed by atoms with Gasteiger partial charge < -0.3 is 18.3 Å². The second kappa shape index (κ2) is 11.9. The minimum Gasteiger partial charge on any atom is -0.368 e. The average Bonchev–Trinajstić information content (AvgIpc) is 2.37. The van der Waals surface area contributed by atoms with Crippen molar-refractivity contribution in [2.75, 3.05) is 19.1 Å². The van der Waals surface area contributed by atoms with Crippen LogP contribution in [0.15, 0.2) is 0 Å². The third-order valence-electron chi connectivity index (χ3n) is 2.95. The molecular formula is C14H31ClO4Si. The molecule has 0 N–H and O–H groups in total. The van der Waals surface area contributed by atoms with Crippen molar-refractivity contribution in [2.24, 2.45) is 0 Å². The van der Waals surface area contributed by atoms with Gasteiger partial charge in [0.2, 0.25) is 0 Å². The summed E-state index contributed by atoms with van der Waals surface area (Å²) in [7, 11) is -2.40. The van der Waals surface area contributed by atoms with Crippen molar-refractivity contribution >= 4 is 20.2 Å². The van der Waals surface area contributed by atoms with E-state index in [1.165, 1.54) is 0 Å². The highest BCUT2D eigenvalue weighted by Gasteiger charge is 2.40. The molecule has 0 saturated heterocycles. The first kappa shape index (κ1) is 20.3. The monoisotopic (exact) mass is 326 g/mol. The van der Waals surface area contributed by atoms with Gasteiger partial charge in [-0.3, -0.25) is 0 Å². The Balaban J connectivity index is 4.81. The van der Waals surface area contributed by atoms with E-state index in [4.69, 9.17) is 29.9 Å². The highest BCUT2D eigenvalue weighted by molar-refractivity contribution is 6.68. The van der Waals surface area contributed by atoms with E-state index in [0.29, 0.717) is 19.1 Å². The molecule has 122 valence electrons. The predicted molar refractivity (Wildman–Crippen MR) is 85.3 cm³/mol. The fourth-order valence-corrected chi connectivity index (χ4v) is 6.29. The molecule has 0 heterocycles. The number of hydrogen-bond acceptors (Lipinski definition) is 4. The Hall–Kier alpha value is 0.347. The van der Waals surface area contributed by atoms with Crippen LogP contribution in [0.3, 0.4) is 0 Å². The van der Waals surface area contributed by atoms with Gasteiger partial charge in [-0.15, -0.1) is 11.6 Å². The Kier molecular flexibility index (Phi) is 12.2. The van der Waals surface area contributed by atoms with Crippen molar-refractivity contribution in [1.29, 1.82) is 0 Å². The number of hydrogen-bond donors (Lipinski definition) is 0. The van der Waals surface area contributed by atoms with Crippen molar-refractivity contribution in [3.05, 3.63) is 0 Å². The highest BCUT2D eigenvalue weighted by atomic mass is 35.5.